The molecule has 1 aliphatic rings. The van der Waals surface area contributed by atoms with E-state index in [2.05, 4.69) is 10.6 Å². The summed E-state index contributed by atoms with van der Waals surface area (Å²) in [4.78, 5) is 52.7. The molecule has 1 fully saturated rings. The maximum atomic E-state index is 13.8. The fourth-order valence-corrected chi connectivity index (χ4v) is 5.04. The summed E-state index contributed by atoms with van der Waals surface area (Å²) in [6, 6.07) is 17.2. The molecular formula is C32H43N3O7. The second-order valence-corrected chi connectivity index (χ2v) is 10.2. The van der Waals surface area contributed by atoms with Crippen molar-refractivity contribution in [3.8, 4) is 0 Å². The summed E-state index contributed by atoms with van der Waals surface area (Å²) in [6.07, 6.45) is 3.39. The van der Waals surface area contributed by atoms with Crippen LogP contribution in [-0.2, 0) is 41.6 Å². The number of likely N-dealkylation sites (tertiary alicyclic amines) is 1. The Morgan fingerprint density at radius 3 is 2.26 bits per heavy atom. The Bertz CT molecular complexity index is 1130. The molecule has 2 aromatic carbocycles. The molecule has 1 aliphatic heterocycles. The number of alkyl carbamates (subject to hydrolysis) is 1. The van der Waals surface area contributed by atoms with Crippen molar-refractivity contribution in [1.82, 2.24) is 15.5 Å². The van der Waals surface area contributed by atoms with Gasteiger partial charge >= 0.3 is 18.0 Å². The molecule has 0 radical (unpaired) electrons. The lowest BCUT2D eigenvalue weighted by Gasteiger charge is -2.30. The molecule has 2 N–H and O–H groups in total. The molecule has 0 aromatic heterocycles. The molecule has 10 nitrogen and oxygen atoms in total. The number of nitrogens with zero attached hydrogens (tertiary/aromatic N) is 1. The van der Waals surface area contributed by atoms with Gasteiger partial charge in [-0.1, -0.05) is 60.7 Å². The average molecular weight is 582 g/mol. The minimum atomic E-state index is -0.717. The standard InChI is InChI=1S/C32H43N3O7/c1-3-41-30(37)27(20-19-24-13-6-4-7-14-24)34-26(29(36)35-22-12-18-28(35)31(38)40-2)17-10-11-21-33-32(39)42-23-25-15-8-5-9-16-25/h4-9,13-16,26-28,34H,3,10-12,17-23H2,1-2H3,(H,33,39). The Kier molecular flexibility index (Phi) is 13.8. The van der Waals surface area contributed by atoms with Crippen molar-refractivity contribution in [3.05, 3.63) is 71.8 Å². The number of aryl methyl sites for hydroxylation is 1. The minimum absolute atomic E-state index is 0.183. The minimum Gasteiger partial charge on any atom is -0.467 e. The van der Waals surface area contributed by atoms with Gasteiger partial charge in [-0.3, -0.25) is 14.9 Å². The van der Waals surface area contributed by atoms with Crippen molar-refractivity contribution in [1.29, 1.82) is 0 Å². The van der Waals surface area contributed by atoms with Crippen LogP contribution in [0.3, 0.4) is 0 Å². The molecule has 3 atom stereocenters. The summed E-state index contributed by atoms with van der Waals surface area (Å²) in [5, 5.41) is 6.01. The summed E-state index contributed by atoms with van der Waals surface area (Å²) in [7, 11) is 1.32. The van der Waals surface area contributed by atoms with Gasteiger partial charge in [0.15, 0.2) is 0 Å². The smallest absolute Gasteiger partial charge is 0.407 e. The number of carbonyl (C=O) groups is 4. The van der Waals surface area contributed by atoms with Crippen LogP contribution >= 0.6 is 0 Å². The maximum Gasteiger partial charge on any atom is 0.407 e. The number of benzene rings is 2. The van der Waals surface area contributed by atoms with Crippen LogP contribution in [0, 0.1) is 0 Å². The lowest BCUT2D eigenvalue weighted by Crippen LogP contribution is -2.54. The highest BCUT2D eigenvalue weighted by Crippen LogP contribution is 2.21. The molecule has 3 rings (SSSR count). The largest absolute Gasteiger partial charge is 0.467 e. The third kappa shape index (κ3) is 10.5. The van der Waals surface area contributed by atoms with E-state index in [0.717, 1.165) is 11.1 Å². The van der Waals surface area contributed by atoms with Crippen molar-refractivity contribution in [2.24, 2.45) is 0 Å². The van der Waals surface area contributed by atoms with Crippen molar-refractivity contribution in [3.63, 3.8) is 0 Å². The number of nitrogens with one attached hydrogen (secondary N) is 2. The lowest BCUT2D eigenvalue weighted by atomic mass is 10.0. The molecule has 0 bridgehead atoms. The molecule has 0 saturated carbocycles. The third-order valence-electron chi connectivity index (χ3n) is 7.25. The van der Waals surface area contributed by atoms with E-state index in [4.69, 9.17) is 14.2 Å². The fraction of sp³-hybridized carbons (Fsp3) is 0.500. The third-order valence-corrected chi connectivity index (χ3v) is 7.25. The van der Waals surface area contributed by atoms with Gasteiger partial charge in [-0.05, 0) is 63.0 Å². The number of carbonyl (C=O) groups excluding carboxylic acids is 4. The Balaban J connectivity index is 1.61. The number of unbranched alkanes of at least 4 members (excludes halogenated alkanes) is 1. The molecule has 0 aliphatic carbocycles. The van der Waals surface area contributed by atoms with Gasteiger partial charge in [0.05, 0.1) is 19.8 Å². The van der Waals surface area contributed by atoms with Gasteiger partial charge in [0.25, 0.3) is 0 Å². The van der Waals surface area contributed by atoms with E-state index >= 15 is 0 Å². The predicted molar refractivity (Wildman–Crippen MR) is 157 cm³/mol. The molecule has 3 unspecified atom stereocenters. The zero-order valence-corrected chi connectivity index (χ0v) is 24.6. The van der Waals surface area contributed by atoms with Crippen molar-refractivity contribution in [2.45, 2.75) is 76.6 Å². The summed E-state index contributed by atoms with van der Waals surface area (Å²) in [6.45, 7) is 2.97. The predicted octanol–water partition coefficient (Wildman–Crippen LogP) is 3.77. The number of hydrogen-bond donors (Lipinski definition) is 2. The number of ether oxygens (including phenoxy) is 3. The van der Waals surface area contributed by atoms with Gasteiger partial charge < -0.3 is 24.4 Å². The fourth-order valence-electron chi connectivity index (χ4n) is 5.04. The number of methoxy groups -OCH3 is 1. The van der Waals surface area contributed by atoms with Crippen molar-refractivity contribution >= 4 is 23.9 Å². The molecule has 228 valence electrons. The van der Waals surface area contributed by atoms with Crippen LogP contribution in [0.1, 0.15) is 56.6 Å². The molecule has 10 heteroatoms. The van der Waals surface area contributed by atoms with Gasteiger partial charge in [0.2, 0.25) is 5.91 Å². The zero-order valence-electron chi connectivity index (χ0n) is 24.6. The molecule has 1 saturated heterocycles. The van der Waals surface area contributed by atoms with Crippen molar-refractivity contribution in [2.75, 3.05) is 26.8 Å². The number of amides is 2. The average Bonchev–Trinajstić information content (AvgIpc) is 3.51. The van der Waals surface area contributed by atoms with Crippen LogP contribution in [0.5, 0.6) is 0 Å². The van der Waals surface area contributed by atoms with Crippen molar-refractivity contribution < 1.29 is 33.4 Å². The van der Waals surface area contributed by atoms with Crippen LogP contribution in [0.25, 0.3) is 0 Å². The second kappa shape index (κ2) is 17.8. The summed E-state index contributed by atoms with van der Waals surface area (Å²) in [5.74, 6) is -1.10. The van der Waals surface area contributed by atoms with Gasteiger partial charge in [-0.2, -0.15) is 0 Å². The van der Waals surface area contributed by atoms with Crippen LogP contribution in [0.2, 0.25) is 0 Å². The molecule has 42 heavy (non-hydrogen) atoms. The quantitative estimate of drug-likeness (QED) is 0.175. The van der Waals surface area contributed by atoms with Gasteiger partial charge in [0, 0.05) is 13.1 Å². The number of esters is 2. The second-order valence-electron chi connectivity index (χ2n) is 10.2. The SMILES string of the molecule is CCOC(=O)C(CCc1ccccc1)NC(CCCCNC(=O)OCc1ccccc1)C(=O)N1CCCC1C(=O)OC. The van der Waals surface area contributed by atoms with E-state index in [9.17, 15) is 19.2 Å². The van der Waals surface area contributed by atoms with E-state index in [-0.39, 0.29) is 19.1 Å². The van der Waals surface area contributed by atoms with Crippen LogP contribution in [0.4, 0.5) is 4.79 Å². The summed E-state index contributed by atoms with van der Waals surface area (Å²) < 4.78 is 15.5. The monoisotopic (exact) mass is 581 g/mol. The first-order chi connectivity index (χ1) is 20.4. The van der Waals surface area contributed by atoms with Crippen LogP contribution in [0.15, 0.2) is 60.7 Å². The number of hydrogen-bond acceptors (Lipinski definition) is 8. The zero-order chi connectivity index (χ0) is 30.2. The topological polar surface area (TPSA) is 123 Å². The Morgan fingerprint density at radius 1 is 0.905 bits per heavy atom. The lowest BCUT2D eigenvalue weighted by molar-refractivity contribution is -0.152. The Labute approximate surface area is 248 Å². The molecule has 2 aromatic rings. The van der Waals surface area contributed by atoms with Gasteiger partial charge in [-0.15, -0.1) is 0 Å². The highest BCUT2D eigenvalue weighted by Gasteiger charge is 2.38. The van der Waals surface area contributed by atoms with E-state index in [1.54, 1.807) is 11.8 Å². The first kappa shape index (κ1) is 32.6. The van der Waals surface area contributed by atoms with Gasteiger partial charge in [-0.25, -0.2) is 9.59 Å². The summed E-state index contributed by atoms with van der Waals surface area (Å²) in [5.41, 5.74) is 1.97. The van der Waals surface area contributed by atoms with Crippen LogP contribution < -0.4 is 10.6 Å². The Hall–Kier alpha value is -3.92. The molecule has 0 spiro atoms. The molecule has 2 amide bonds. The molecular weight excluding hydrogens is 538 g/mol. The first-order valence-electron chi connectivity index (χ1n) is 14.7. The van der Waals surface area contributed by atoms with Gasteiger partial charge in [0.1, 0.15) is 18.7 Å². The van der Waals surface area contributed by atoms with Crippen LogP contribution in [-0.4, -0.2) is 73.8 Å². The summed E-state index contributed by atoms with van der Waals surface area (Å²) >= 11 is 0. The van der Waals surface area contributed by atoms with E-state index < -0.39 is 36.2 Å². The number of rotatable bonds is 16. The molecule has 1 heterocycles. The van der Waals surface area contributed by atoms with E-state index in [1.165, 1.54) is 7.11 Å². The van der Waals surface area contributed by atoms with E-state index in [1.807, 2.05) is 60.7 Å². The van der Waals surface area contributed by atoms with E-state index in [0.29, 0.717) is 58.0 Å². The maximum absolute atomic E-state index is 13.8. The Morgan fingerprint density at radius 2 is 1.60 bits per heavy atom. The first-order valence-corrected chi connectivity index (χ1v) is 14.7. The highest BCUT2D eigenvalue weighted by molar-refractivity contribution is 5.88. The highest BCUT2D eigenvalue weighted by atomic mass is 16.5. The normalized spacial score (nSPS) is 15.9.